The first-order valence-electron chi connectivity index (χ1n) is 6.63. The summed E-state index contributed by atoms with van der Waals surface area (Å²) in [5.74, 6) is 0.204. The third kappa shape index (κ3) is 4.53. The van der Waals surface area contributed by atoms with Crippen LogP contribution in [0.25, 0.3) is 0 Å². The van der Waals surface area contributed by atoms with E-state index in [1.165, 1.54) is 0 Å². The van der Waals surface area contributed by atoms with E-state index in [1.807, 2.05) is 45.0 Å². The van der Waals surface area contributed by atoms with Crippen molar-refractivity contribution >= 4 is 33.5 Å². The lowest BCUT2D eigenvalue weighted by molar-refractivity contribution is 0.0938. The molecule has 0 aliphatic rings. The maximum atomic E-state index is 12.0. The zero-order valence-corrected chi connectivity index (χ0v) is 13.7. The molecule has 0 saturated carbocycles. The molecule has 1 amide bonds. The highest BCUT2D eigenvalue weighted by atomic mass is 79.9. The highest BCUT2D eigenvalue weighted by Crippen LogP contribution is 2.18. The molecule has 0 aliphatic carbocycles. The Kier molecular flexibility index (Phi) is 4.90. The number of halogens is 1. The van der Waals surface area contributed by atoms with E-state index >= 15 is 0 Å². The largest absolute Gasteiger partial charge is 0.349 e. The summed E-state index contributed by atoms with van der Waals surface area (Å²) in [6.07, 6.45) is 0. The average molecular weight is 349 g/mol. The molecule has 0 spiro atoms. The maximum Gasteiger partial charge on any atom is 0.270 e. The molecule has 21 heavy (non-hydrogen) atoms. The number of hydrogen-bond acceptors (Lipinski definition) is 4. The van der Waals surface area contributed by atoms with Crippen molar-refractivity contribution in [2.45, 2.75) is 26.8 Å². The molecule has 1 heterocycles. The molecule has 0 aliphatic heterocycles. The Balaban J connectivity index is 2.24. The molecule has 0 fully saturated rings. The molecule has 0 bridgehead atoms. The van der Waals surface area contributed by atoms with E-state index in [2.05, 4.69) is 36.5 Å². The van der Waals surface area contributed by atoms with Gasteiger partial charge in [0.05, 0.1) is 0 Å². The van der Waals surface area contributed by atoms with Crippen LogP contribution in [0.3, 0.4) is 0 Å². The van der Waals surface area contributed by atoms with Gasteiger partial charge in [0.2, 0.25) is 5.95 Å². The number of nitrogens with one attached hydrogen (secondary N) is 2. The van der Waals surface area contributed by atoms with Gasteiger partial charge in [0, 0.05) is 21.9 Å². The van der Waals surface area contributed by atoms with Gasteiger partial charge in [-0.05, 0) is 45.0 Å². The highest BCUT2D eigenvalue weighted by molar-refractivity contribution is 9.10. The normalized spacial score (nSPS) is 10.5. The summed E-state index contributed by atoms with van der Waals surface area (Å²) in [5, 5.41) is 5.92. The molecule has 6 heteroatoms. The van der Waals surface area contributed by atoms with Crippen molar-refractivity contribution in [1.29, 1.82) is 0 Å². The van der Waals surface area contributed by atoms with Crippen LogP contribution in [0.1, 0.15) is 30.0 Å². The Morgan fingerprint density at radius 3 is 2.67 bits per heavy atom. The smallest absolute Gasteiger partial charge is 0.270 e. The lowest BCUT2D eigenvalue weighted by Crippen LogP contribution is -2.31. The van der Waals surface area contributed by atoms with E-state index in [0.717, 1.165) is 15.9 Å². The number of aromatic nitrogens is 2. The molecule has 0 atom stereocenters. The van der Waals surface area contributed by atoms with Crippen molar-refractivity contribution in [3.05, 3.63) is 46.2 Å². The minimum atomic E-state index is -0.201. The van der Waals surface area contributed by atoms with Gasteiger partial charge in [-0.3, -0.25) is 4.79 Å². The highest BCUT2D eigenvalue weighted by Gasteiger charge is 2.11. The predicted molar refractivity (Wildman–Crippen MR) is 86.8 cm³/mol. The van der Waals surface area contributed by atoms with Crippen LogP contribution >= 0.6 is 15.9 Å². The maximum absolute atomic E-state index is 12.0. The zero-order chi connectivity index (χ0) is 15.4. The minimum absolute atomic E-state index is 0.0641. The number of nitrogens with zero attached hydrogens (tertiary/aromatic N) is 2. The van der Waals surface area contributed by atoms with Gasteiger partial charge >= 0.3 is 0 Å². The zero-order valence-electron chi connectivity index (χ0n) is 12.1. The van der Waals surface area contributed by atoms with Crippen LogP contribution < -0.4 is 10.6 Å². The molecule has 0 saturated heterocycles. The van der Waals surface area contributed by atoms with Crippen LogP contribution in [0.15, 0.2) is 34.8 Å². The van der Waals surface area contributed by atoms with Crippen LogP contribution in [0.4, 0.5) is 11.6 Å². The van der Waals surface area contributed by atoms with Gasteiger partial charge in [0.15, 0.2) is 0 Å². The summed E-state index contributed by atoms with van der Waals surface area (Å²) in [7, 11) is 0. The number of anilines is 2. The molecule has 5 nitrogen and oxygen atoms in total. The minimum Gasteiger partial charge on any atom is -0.349 e. The molecule has 1 aromatic carbocycles. The average Bonchev–Trinajstić information content (AvgIpc) is 2.37. The van der Waals surface area contributed by atoms with E-state index in [-0.39, 0.29) is 11.9 Å². The van der Waals surface area contributed by atoms with Gasteiger partial charge in [-0.15, -0.1) is 0 Å². The van der Waals surface area contributed by atoms with Crippen LogP contribution in [-0.4, -0.2) is 21.9 Å². The number of amides is 1. The first kappa shape index (κ1) is 15.4. The van der Waals surface area contributed by atoms with Crippen molar-refractivity contribution in [1.82, 2.24) is 15.3 Å². The molecule has 0 unspecified atom stereocenters. The lowest BCUT2D eigenvalue weighted by atomic mass is 10.3. The Morgan fingerprint density at radius 2 is 2.00 bits per heavy atom. The second-order valence-electron chi connectivity index (χ2n) is 4.98. The van der Waals surface area contributed by atoms with Crippen molar-refractivity contribution in [2.75, 3.05) is 5.32 Å². The molecule has 0 radical (unpaired) electrons. The number of hydrogen-bond donors (Lipinski definition) is 2. The molecule has 110 valence electrons. The van der Waals surface area contributed by atoms with E-state index < -0.39 is 0 Å². The van der Waals surface area contributed by atoms with Gasteiger partial charge < -0.3 is 10.6 Å². The topological polar surface area (TPSA) is 66.9 Å². The van der Waals surface area contributed by atoms with E-state index in [0.29, 0.717) is 11.6 Å². The number of carbonyl (C=O) groups excluding carboxylic acids is 1. The predicted octanol–water partition coefficient (Wildman–Crippen LogP) is 3.43. The first-order chi connectivity index (χ1) is 9.94. The molecule has 2 aromatic rings. The van der Waals surface area contributed by atoms with Crippen molar-refractivity contribution in [3.63, 3.8) is 0 Å². The standard InChI is InChI=1S/C15H17BrN4O/c1-9(2)17-14(21)13-7-10(3)18-15(20-13)19-12-6-4-5-11(16)8-12/h4-9H,1-3H3,(H,17,21)(H,18,19,20). The Hall–Kier alpha value is -1.95. The first-order valence-corrected chi connectivity index (χ1v) is 7.42. The second-order valence-corrected chi connectivity index (χ2v) is 5.90. The fourth-order valence-corrected chi connectivity index (χ4v) is 2.17. The number of carbonyl (C=O) groups is 1. The van der Waals surface area contributed by atoms with Crippen LogP contribution in [0.5, 0.6) is 0 Å². The van der Waals surface area contributed by atoms with E-state index in [1.54, 1.807) is 6.07 Å². The lowest BCUT2D eigenvalue weighted by Gasteiger charge is -2.10. The van der Waals surface area contributed by atoms with Crippen molar-refractivity contribution in [2.24, 2.45) is 0 Å². The molecular weight excluding hydrogens is 332 g/mol. The quantitative estimate of drug-likeness (QED) is 0.888. The molecular formula is C15H17BrN4O. The number of rotatable bonds is 4. The van der Waals surface area contributed by atoms with E-state index in [9.17, 15) is 4.79 Å². The fourth-order valence-electron chi connectivity index (χ4n) is 1.77. The van der Waals surface area contributed by atoms with E-state index in [4.69, 9.17) is 0 Å². The van der Waals surface area contributed by atoms with Gasteiger partial charge in [-0.1, -0.05) is 22.0 Å². The monoisotopic (exact) mass is 348 g/mol. The Labute approximate surface area is 132 Å². The van der Waals surface area contributed by atoms with Crippen LogP contribution in [-0.2, 0) is 0 Å². The second kappa shape index (κ2) is 6.67. The number of benzene rings is 1. The Bertz CT molecular complexity index is 658. The summed E-state index contributed by atoms with van der Waals surface area (Å²) < 4.78 is 0.956. The summed E-state index contributed by atoms with van der Waals surface area (Å²) in [5.41, 5.74) is 1.94. The number of aryl methyl sites for hydroxylation is 1. The van der Waals surface area contributed by atoms with Crippen LogP contribution in [0, 0.1) is 6.92 Å². The molecule has 2 rings (SSSR count). The third-order valence-corrected chi connectivity index (χ3v) is 3.08. The summed E-state index contributed by atoms with van der Waals surface area (Å²) in [4.78, 5) is 20.6. The van der Waals surface area contributed by atoms with Gasteiger partial charge in [0.1, 0.15) is 5.69 Å². The Morgan fingerprint density at radius 1 is 1.24 bits per heavy atom. The summed E-state index contributed by atoms with van der Waals surface area (Å²) in [6, 6.07) is 9.40. The SMILES string of the molecule is Cc1cc(C(=O)NC(C)C)nc(Nc2cccc(Br)c2)n1. The van der Waals surface area contributed by atoms with Gasteiger partial charge in [-0.25, -0.2) is 9.97 Å². The summed E-state index contributed by atoms with van der Waals surface area (Å²) >= 11 is 3.41. The molecule has 1 aromatic heterocycles. The van der Waals surface area contributed by atoms with Gasteiger partial charge in [-0.2, -0.15) is 0 Å². The van der Waals surface area contributed by atoms with Crippen molar-refractivity contribution < 1.29 is 4.79 Å². The summed E-state index contributed by atoms with van der Waals surface area (Å²) in [6.45, 7) is 5.65. The van der Waals surface area contributed by atoms with Crippen molar-refractivity contribution in [3.8, 4) is 0 Å². The molecule has 2 N–H and O–H groups in total. The van der Waals surface area contributed by atoms with Crippen LogP contribution in [0.2, 0.25) is 0 Å². The third-order valence-electron chi connectivity index (χ3n) is 2.59. The van der Waals surface area contributed by atoms with Gasteiger partial charge in [0.25, 0.3) is 5.91 Å². The fraction of sp³-hybridized carbons (Fsp3) is 0.267.